The molecule has 1 aromatic rings. The highest BCUT2D eigenvalue weighted by molar-refractivity contribution is 6.34. The van der Waals surface area contributed by atoms with E-state index in [0.29, 0.717) is 32.6 Å². The third-order valence-electron chi connectivity index (χ3n) is 5.48. The summed E-state index contributed by atoms with van der Waals surface area (Å²) in [5.41, 5.74) is -0.511. The van der Waals surface area contributed by atoms with Crippen molar-refractivity contribution >= 4 is 29.4 Å². The molecule has 172 valence electrons. The molecule has 1 aliphatic heterocycles. The quantitative estimate of drug-likeness (QED) is 0.258. The molecule has 1 fully saturated rings. The van der Waals surface area contributed by atoms with Crippen LogP contribution in [0.2, 0.25) is 5.02 Å². The Balaban J connectivity index is 1.88. The van der Waals surface area contributed by atoms with Crippen molar-refractivity contribution in [2.75, 3.05) is 39.9 Å². The molecule has 0 spiro atoms. The molecule has 10 nitrogen and oxygen atoms in total. The molecule has 1 aliphatic rings. The van der Waals surface area contributed by atoms with E-state index in [4.69, 9.17) is 21.4 Å². The number of halogens is 1. The summed E-state index contributed by atoms with van der Waals surface area (Å²) >= 11 is 6.07. The Hall–Kier alpha value is -2.59. The van der Waals surface area contributed by atoms with E-state index in [1.807, 2.05) is 0 Å². The van der Waals surface area contributed by atoms with Crippen molar-refractivity contribution in [3.8, 4) is 5.75 Å². The maximum Gasteiger partial charge on any atom is 0.407 e. The topological polar surface area (TPSA) is 122 Å². The van der Waals surface area contributed by atoms with Gasteiger partial charge in [-0.1, -0.05) is 11.6 Å². The van der Waals surface area contributed by atoms with Gasteiger partial charge in [0.1, 0.15) is 5.75 Å². The number of ether oxygens (including phenoxy) is 2. The molecular formula is C20H28ClN3O7. The third-order valence-corrected chi connectivity index (χ3v) is 5.86. The van der Waals surface area contributed by atoms with Gasteiger partial charge in [-0.2, -0.15) is 0 Å². The number of nitro groups is 1. The highest BCUT2D eigenvalue weighted by Crippen LogP contribution is 2.35. The average Bonchev–Trinajstić information content (AvgIpc) is 2.73. The molecule has 1 heterocycles. The van der Waals surface area contributed by atoms with Crippen molar-refractivity contribution in [1.82, 2.24) is 9.80 Å². The van der Waals surface area contributed by atoms with Gasteiger partial charge >= 0.3 is 12.1 Å². The van der Waals surface area contributed by atoms with E-state index in [0.717, 1.165) is 18.9 Å². The van der Waals surface area contributed by atoms with Crippen LogP contribution in [0.25, 0.3) is 0 Å². The first kappa shape index (κ1) is 24.7. The van der Waals surface area contributed by atoms with Gasteiger partial charge in [-0.3, -0.25) is 15.0 Å². The number of nitro benzene ring substituents is 1. The van der Waals surface area contributed by atoms with Crippen molar-refractivity contribution in [1.29, 1.82) is 0 Å². The largest absolute Gasteiger partial charge is 0.492 e. The molecule has 0 bridgehead atoms. The molecule has 1 saturated heterocycles. The van der Waals surface area contributed by atoms with Gasteiger partial charge in [0.2, 0.25) is 0 Å². The summed E-state index contributed by atoms with van der Waals surface area (Å²) in [6.45, 7) is 6.91. The summed E-state index contributed by atoms with van der Waals surface area (Å²) in [6.07, 6.45) is 1.51. The normalized spacial score (nSPS) is 14.9. The summed E-state index contributed by atoms with van der Waals surface area (Å²) < 4.78 is 10.3. The van der Waals surface area contributed by atoms with Crippen molar-refractivity contribution < 1.29 is 29.1 Å². The molecule has 0 saturated carbocycles. The zero-order valence-corrected chi connectivity index (χ0v) is 18.7. The minimum absolute atomic E-state index is 0.00441. The summed E-state index contributed by atoms with van der Waals surface area (Å²) in [4.78, 5) is 37.1. The minimum atomic E-state index is -0.884. The zero-order valence-electron chi connectivity index (χ0n) is 17.9. The first-order valence-electron chi connectivity index (χ1n) is 9.99. The second-order valence-electron chi connectivity index (χ2n) is 7.93. The highest BCUT2D eigenvalue weighted by Gasteiger charge is 2.30. The number of piperazine rings is 1. The Morgan fingerprint density at radius 2 is 1.87 bits per heavy atom. The maximum atomic E-state index is 11.8. The van der Waals surface area contributed by atoms with Crippen molar-refractivity contribution in [2.24, 2.45) is 0 Å². The van der Waals surface area contributed by atoms with E-state index in [9.17, 15) is 19.7 Å². The maximum absolute atomic E-state index is 11.8. The fourth-order valence-electron chi connectivity index (χ4n) is 3.56. The molecule has 1 amide bonds. The van der Waals surface area contributed by atoms with E-state index in [1.54, 1.807) is 0 Å². The molecule has 2 rings (SSSR count). The lowest BCUT2D eigenvalue weighted by atomic mass is 9.94. The molecule has 1 N–H and O–H groups in total. The van der Waals surface area contributed by atoms with Crippen LogP contribution in [0, 0.1) is 10.1 Å². The van der Waals surface area contributed by atoms with Crippen LogP contribution in [-0.4, -0.2) is 77.3 Å². The van der Waals surface area contributed by atoms with Gasteiger partial charge in [-0.25, -0.2) is 9.59 Å². The van der Waals surface area contributed by atoms with Crippen LogP contribution < -0.4 is 4.74 Å². The van der Waals surface area contributed by atoms with E-state index >= 15 is 0 Å². The van der Waals surface area contributed by atoms with Crippen molar-refractivity contribution in [2.45, 2.75) is 38.6 Å². The molecule has 0 aliphatic carbocycles. The number of carboxylic acid groups (broad SMARTS) is 1. The molecule has 0 atom stereocenters. The number of rotatable bonds is 9. The van der Waals surface area contributed by atoms with E-state index in [-0.39, 0.29) is 28.5 Å². The number of hydrogen-bond donors (Lipinski definition) is 1. The third kappa shape index (κ3) is 6.44. The number of carbonyl (C=O) groups is 2. The number of carbonyl (C=O) groups excluding carboxylic acids is 1. The average molecular weight is 458 g/mol. The first-order chi connectivity index (χ1) is 14.6. The van der Waals surface area contributed by atoms with Gasteiger partial charge in [-0.15, -0.1) is 0 Å². The van der Waals surface area contributed by atoms with E-state index in [1.165, 1.54) is 18.1 Å². The van der Waals surface area contributed by atoms with E-state index < -0.39 is 22.7 Å². The SMILES string of the molecule is COC(=O)c1cc(OCCCCC(C)(C)N2CCN(C(=O)O)CC2)c(Cl)c([N+](=O)[O-])c1. The fourth-order valence-corrected chi connectivity index (χ4v) is 3.79. The van der Waals surface area contributed by atoms with Crippen LogP contribution in [0.5, 0.6) is 5.75 Å². The number of nitrogens with zero attached hydrogens (tertiary/aromatic N) is 3. The van der Waals surface area contributed by atoms with Gasteiger partial charge in [0.15, 0.2) is 5.02 Å². The monoisotopic (exact) mass is 457 g/mol. The summed E-state index contributed by atoms with van der Waals surface area (Å²) in [5.74, 6) is -0.644. The van der Waals surface area contributed by atoms with Crippen LogP contribution in [0.1, 0.15) is 43.5 Å². The van der Waals surface area contributed by atoms with Crippen molar-refractivity contribution in [3.05, 3.63) is 32.8 Å². The van der Waals surface area contributed by atoms with E-state index in [2.05, 4.69) is 23.5 Å². The lowest BCUT2D eigenvalue weighted by Gasteiger charge is -2.43. The molecule has 1 aromatic carbocycles. The predicted octanol–water partition coefficient (Wildman–Crippen LogP) is 3.66. The van der Waals surface area contributed by atoms with Crippen LogP contribution >= 0.6 is 11.6 Å². The standard InChI is InChI=1S/C20H28ClN3O7/c1-20(2,23-9-7-22(8-10-23)19(26)27)6-4-5-11-31-16-13-14(18(25)30-3)12-15(17(16)21)24(28)29/h12-13H,4-11H2,1-3H3,(H,26,27). The molecular weight excluding hydrogens is 430 g/mol. The van der Waals surface area contributed by atoms with Gasteiger partial charge < -0.3 is 19.5 Å². The van der Waals surface area contributed by atoms with Crippen LogP contribution in [0.15, 0.2) is 12.1 Å². The number of amides is 1. The van der Waals surface area contributed by atoms with Gasteiger partial charge in [-0.05, 0) is 39.2 Å². The Labute approximate surface area is 185 Å². The van der Waals surface area contributed by atoms with Gasteiger partial charge in [0, 0.05) is 37.8 Å². The second-order valence-corrected chi connectivity index (χ2v) is 8.31. The minimum Gasteiger partial charge on any atom is -0.492 e. The molecule has 0 radical (unpaired) electrons. The molecule has 31 heavy (non-hydrogen) atoms. The number of hydrogen-bond acceptors (Lipinski definition) is 7. The number of benzene rings is 1. The van der Waals surface area contributed by atoms with Gasteiger partial charge in [0.05, 0.1) is 24.2 Å². The van der Waals surface area contributed by atoms with Crippen LogP contribution in [-0.2, 0) is 4.74 Å². The fraction of sp³-hybridized carbons (Fsp3) is 0.600. The summed E-state index contributed by atoms with van der Waals surface area (Å²) in [7, 11) is 1.19. The van der Waals surface area contributed by atoms with Crippen LogP contribution in [0.4, 0.5) is 10.5 Å². The molecule has 11 heteroatoms. The number of methoxy groups -OCH3 is 1. The predicted molar refractivity (Wildman–Crippen MR) is 114 cm³/mol. The Morgan fingerprint density at radius 1 is 1.23 bits per heavy atom. The lowest BCUT2D eigenvalue weighted by molar-refractivity contribution is -0.384. The number of unbranched alkanes of at least 4 members (excludes halogenated alkanes) is 1. The Bertz CT molecular complexity index is 823. The summed E-state index contributed by atoms with van der Waals surface area (Å²) in [5, 5.41) is 20.1. The Morgan fingerprint density at radius 3 is 2.42 bits per heavy atom. The molecule has 0 aromatic heterocycles. The van der Waals surface area contributed by atoms with Crippen LogP contribution in [0.3, 0.4) is 0 Å². The van der Waals surface area contributed by atoms with Gasteiger partial charge in [0.25, 0.3) is 5.69 Å². The second kappa shape index (κ2) is 10.6. The lowest BCUT2D eigenvalue weighted by Crippen LogP contribution is -2.55. The highest BCUT2D eigenvalue weighted by atomic mass is 35.5. The van der Waals surface area contributed by atoms with Crippen molar-refractivity contribution in [3.63, 3.8) is 0 Å². The smallest absolute Gasteiger partial charge is 0.407 e. The number of esters is 1. The first-order valence-corrected chi connectivity index (χ1v) is 10.4. The Kier molecular flexibility index (Phi) is 8.46. The molecule has 0 unspecified atom stereocenters. The summed E-state index contributed by atoms with van der Waals surface area (Å²) in [6, 6.07) is 2.40. The zero-order chi connectivity index (χ0) is 23.2.